The van der Waals surface area contributed by atoms with Crippen LogP contribution in [-0.4, -0.2) is 14.2 Å². The summed E-state index contributed by atoms with van der Waals surface area (Å²) < 4.78 is 16.3. The number of para-hydroxylation sites is 1. The van der Waals surface area contributed by atoms with Crippen LogP contribution in [0.2, 0.25) is 0 Å². The number of anilines is 2. The molecule has 0 atom stereocenters. The molecule has 0 aliphatic rings. The Morgan fingerprint density at radius 1 is 0.600 bits per heavy atom. The molecule has 3 aromatic rings. The van der Waals surface area contributed by atoms with Crippen molar-refractivity contribution in [1.29, 1.82) is 0 Å². The standard InChI is InChI=1S/C20H20N2O3/c1-23-19-13-10-16(14-20(19)24-2)22-21-15-8-11-18(12-9-15)25-17-6-4-3-5-7-17/h3-14,21-22H,1-2H3. The quantitative estimate of drug-likeness (QED) is 0.599. The van der Waals surface area contributed by atoms with Gasteiger partial charge in [-0.25, -0.2) is 0 Å². The van der Waals surface area contributed by atoms with Gasteiger partial charge in [0.15, 0.2) is 11.5 Å². The Bertz CT molecular complexity index is 805. The summed E-state index contributed by atoms with van der Waals surface area (Å²) >= 11 is 0. The number of methoxy groups -OCH3 is 2. The van der Waals surface area contributed by atoms with Crippen molar-refractivity contribution >= 4 is 11.4 Å². The molecule has 0 bridgehead atoms. The number of nitrogens with one attached hydrogen (secondary N) is 2. The second-order valence-corrected chi connectivity index (χ2v) is 5.26. The van der Waals surface area contributed by atoms with E-state index in [1.54, 1.807) is 14.2 Å². The molecule has 0 aliphatic carbocycles. The van der Waals surface area contributed by atoms with E-state index in [4.69, 9.17) is 14.2 Å². The summed E-state index contributed by atoms with van der Waals surface area (Å²) in [6.45, 7) is 0. The van der Waals surface area contributed by atoms with Crippen LogP contribution in [0, 0.1) is 0 Å². The van der Waals surface area contributed by atoms with Crippen molar-refractivity contribution in [1.82, 2.24) is 0 Å². The van der Waals surface area contributed by atoms with Crippen LogP contribution in [-0.2, 0) is 0 Å². The molecule has 2 N–H and O–H groups in total. The second kappa shape index (κ2) is 7.97. The van der Waals surface area contributed by atoms with Crippen LogP contribution in [0.4, 0.5) is 11.4 Å². The molecule has 0 aromatic heterocycles. The average molecular weight is 336 g/mol. The summed E-state index contributed by atoms with van der Waals surface area (Å²) in [7, 11) is 3.22. The molecular formula is C20H20N2O3. The lowest BCUT2D eigenvalue weighted by Gasteiger charge is -2.13. The number of rotatable bonds is 7. The molecule has 0 spiro atoms. The summed E-state index contributed by atoms with van der Waals surface area (Å²) in [5.74, 6) is 2.95. The Labute approximate surface area is 147 Å². The molecule has 3 rings (SSSR count). The van der Waals surface area contributed by atoms with Crippen molar-refractivity contribution < 1.29 is 14.2 Å². The normalized spacial score (nSPS) is 10.0. The summed E-state index contributed by atoms with van der Waals surface area (Å²) in [5.41, 5.74) is 8.04. The van der Waals surface area contributed by atoms with Crippen molar-refractivity contribution in [2.45, 2.75) is 0 Å². The minimum Gasteiger partial charge on any atom is -0.493 e. The Balaban J connectivity index is 1.60. The number of hydrogen-bond donors (Lipinski definition) is 2. The van der Waals surface area contributed by atoms with Crippen LogP contribution in [0.1, 0.15) is 0 Å². The third-order valence-electron chi connectivity index (χ3n) is 3.57. The molecule has 0 saturated heterocycles. The highest BCUT2D eigenvalue weighted by Gasteiger charge is 2.04. The first-order valence-electron chi connectivity index (χ1n) is 7.85. The molecule has 0 unspecified atom stereocenters. The highest BCUT2D eigenvalue weighted by molar-refractivity contribution is 5.58. The number of ether oxygens (including phenoxy) is 3. The van der Waals surface area contributed by atoms with Crippen molar-refractivity contribution in [2.75, 3.05) is 25.1 Å². The Morgan fingerprint density at radius 3 is 1.88 bits per heavy atom. The molecule has 3 aromatic carbocycles. The minimum absolute atomic E-state index is 0.668. The van der Waals surface area contributed by atoms with Crippen molar-refractivity contribution in [3.8, 4) is 23.0 Å². The van der Waals surface area contributed by atoms with Crippen molar-refractivity contribution in [2.24, 2.45) is 0 Å². The number of hydrogen-bond acceptors (Lipinski definition) is 5. The zero-order valence-electron chi connectivity index (χ0n) is 14.2. The zero-order chi connectivity index (χ0) is 17.5. The van der Waals surface area contributed by atoms with Gasteiger partial charge in [-0.1, -0.05) is 18.2 Å². The fourth-order valence-electron chi connectivity index (χ4n) is 2.29. The van der Waals surface area contributed by atoms with E-state index in [-0.39, 0.29) is 0 Å². The number of hydrazine groups is 1. The van der Waals surface area contributed by atoms with Crippen LogP contribution in [0.3, 0.4) is 0 Å². The fraction of sp³-hybridized carbons (Fsp3) is 0.100. The molecule has 25 heavy (non-hydrogen) atoms. The van der Waals surface area contributed by atoms with Gasteiger partial charge in [-0.3, -0.25) is 0 Å². The predicted molar refractivity (Wildman–Crippen MR) is 99.7 cm³/mol. The van der Waals surface area contributed by atoms with Gasteiger partial charge in [-0.15, -0.1) is 0 Å². The lowest BCUT2D eigenvalue weighted by Crippen LogP contribution is -2.08. The first kappa shape index (κ1) is 16.5. The van der Waals surface area contributed by atoms with E-state index >= 15 is 0 Å². The van der Waals surface area contributed by atoms with Gasteiger partial charge >= 0.3 is 0 Å². The molecule has 5 nitrogen and oxygen atoms in total. The third kappa shape index (κ3) is 4.35. The molecule has 0 amide bonds. The summed E-state index contributed by atoms with van der Waals surface area (Å²) in [6.07, 6.45) is 0. The van der Waals surface area contributed by atoms with E-state index in [1.165, 1.54) is 0 Å². The zero-order valence-corrected chi connectivity index (χ0v) is 14.2. The lowest BCUT2D eigenvalue weighted by molar-refractivity contribution is 0.355. The molecule has 0 radical (unpaired) electrons. The van der Waals surface area contributed by atoms with Crippen LogP contribution in [0.5, 0.6) is 23.0 Å². The Kier molecular flexibility index (Phi) is 5.26. The first-order chi connectivity index (χ1) is 12.3. The molecule has 0 aliphatic heterocycles. The van der Waals surface area contributed by atoms with Gasteiger partial charge in [-0.05, 0) is 48.5 Å². The van der Waals surface area contributed by atoms with E-state index in [9.17, 15) is 0 Å². The first-order valence-corrected chi connectivity index (χ1v) is 7.85. The Hall–Kier alpha value is -3.34. The van der Waals surface area contributed by atoms with Crippen molar-refractivity contribution in [3.05, 3.63) is 72.8 Å². The van der Waals surface area contributed by atoms with E-state index in [1.807, 2.05) is 72.8 Å². The molecule has 0 heterocycles. The third-order valence-corrected chi connectivity index (χ3v) is 3.57. The van der Waals surface area contributed by atoms with Crippen LogP contribution < -0.4 is 25.1 Å². The monoisotopic (exact) mass is 336 g/mol. The SMILES string of the molecule is COc1ccc(NNc2ccc(Oc3ccccc3)cc2)cc1OC. The van der Waals surface area contributed by atoms with Gasteiger partial charge in [0, 0.05) is 6.07 Å². The topological polar surface area (TPSA) is 51.8 Å². The summed E-state index contributed by atoms with van der Waals surface area (Å²) in [4.78, 5) is 0. The molecule has 128 valence electrons. The van der Waals surface area contributed by atoms with Crippen LogP contribution >= 0.6 is 0 Å². The molecular weight excluding hydrogens is 316 g/mol. The number of benzene rings is 3. The molecule has 0 saturated carbocycles. The van der Waals surface area contributed by atoms with Gasteiger partial charge in [-0.2, -0.15) is 0 Å². The van der Waals surface area contributed by atoms with E-state index in [2.05, 4.69) is 10.9 Å². The predicted octanol–water partition coefficient (Wildman–Crippen LogP) is 4.94. The van der Waals surface area contributed by atoms with Gasteiger partial charge in [0.25, 0.3) is 0 Å². The molecule has 5 heteroatoms. The van der Waals surface area contributed by atoms with Gasteiger partial charge in [0.05, 0.1) is 25.6 Å². The highest BCUT2D eigenvalue weighted by Crippen LogP contribution is 2.30. The summed E-state index contributed by atoms with van der Waals surface area (Å²) in [6, 6.07) is 23.0. The fourth-order valence-corrected chi connectivity index (χ4v) is 2.29. The van der Waals surface area contributed by atoms with Gasteiger partial charge in [0.1, 0.15) is 11.5 Å². The second-order valence-electron chi connectivity index (χ2n) is 5.26. The van der Waals surface area contributed by atoms with E-state index in [0.717, 1.165) is 22.9 Å². The maximum absolute atomic E-state index is 5.77. The van der Waals surface area contributed by atoms with E-state index in [0.29, 0.717) is 11.5 Å². The summed E-state index contributed by atoms with van der Waals surface area (Å²) in [5, 5.41) is 0. The largest absolute Gasteiger partial charge is 0.493 e. The van der Waals surface area contributed by atoms with Crippen LogP contribution in [0.15, 0.2) is 72.8 Å². The smallest absolute Gasteiger partial charge is 0.162 e. The highest BCUT2D eigenvalue weighted by atomic mass is 16.5. The van der Waals surface area contributed by atoms with Gasteiger partial charge in [0.2, 0.25) is 0 Å². The molecule has 0 fully saturated rings. The lowest BCUT2D eigenvalue weighted by atomic mass is 10.3. The minimum atomic E-state index is 0.668. The Morgan fingerprint density at radius 2 is 1.20 bits per heavy atom. The van der Waals surface area contributed by atoms with Gasteiger partial charge < -0.3 is 25.1 Å². The van der Waals surface area contributed by atoms with E-state index < -0.39 is 0 Å². The van der Waals surface area contributed by atoms with Crippen molar-refractivity contribution in [3.63, 3.8) is 0 Å². The van der Waals surface area contributed by atoms with Crippen LogP contribution in [0.25, 0.3) is 0 Å². The maximum atomic E-state index is 5.77. The maximum Gasteiger partial charge on any atom is 0.162 e. The average Bonchev–Trinajstić information content (AvgIpc) is 2.68.